The lowest BCUT2D eigenvalue weighted by Gasteiger charge is -2.33. The fourth-order valence-corrected chi connectivity index (χ4v) is 4.42. The van der Waals surface area contributed by atoms with E-state index in [0.717, 1.165) is 11.3 Å². The molecule has 0 N–H and O–H groups in total. The molecule has 1 amide bonds. The quantitative estimate of drug-likeness (QED) is 0.726. The molecule has 0 unspecified atom stereocenters. The van der Waals surface area contributed by atoms with E-state index in [1.807, 2.05) is 30.8 Å². The summed E-state index contributed by atoms with van der Waals surface area (Å²) in [5, 5.41) is 0. The Balaban J connectivity index is 1.96. The number of carbonyl (C=O) groups excluding carboxylic acids is 1. The van der Waals surface area contributed by atoms with Gasteiger partial charge in [-0.25, -0.2) is 12.7 Å². The SMILES string of the molecule is CCN(Cc1ccc(N(C)C)cc1)C(=O)C1CCN(S(=O)(=O)CC)CC1. The van der Waals surface area contributed by atoms with E-state index in [1.165, 1.54) is 4.31 Å². The van der Waals surface area contributed by atoms with Crippen LogP contribution >= 0.6 is 0 Å². The molecule has 0 radical (unpaired) electrons. The van der Waals surface area contributed by atoms with Crippen molar-refractivity contribution in [2.75, 3.05) is 44.4 Å². The van der Waals surface area contributed by atoms with Gasteiger partial charge in [-0.15, -0.1) is 0 Å². The lowest BCUT2D eigenvalue weighted by atomic mass is 9.96. The third-order valence-corrected chi connectivity index (χ3v) is 6.96. The van der Waals surface area contributed by atoms with E-state index in [1.54, 1.807) is 6.92 Å². The molecule has 1 aromatic carbocycles. The van der Waals surface area contributed by atoms with Crippen molar-refractivity contribution in [1.82, 2.24) is 9.21 Å². The van der Waals surface area contributed by atoms with Gasteiger partial charge in [-0.3, -0.25) is 4.79 Å². The predicted octanol–water partition coefficient (Wildman–Crippen LogP) is 2.16. The summed E-state index contributed by atoms with van der Waals surface area (Å²) in [5.74, 6) is 0.173. The van der Waals surface area contributed by atoms with Crippen molar-refractivity contribution in [3.8, 4) is 0 Å². The van der Waals surface area contributed by atoms with Gasteiger partial charge < -0.3 is 9.80 Å². The first-order valence-electron chi connectivity index (χ1n) is 9.31. The van der Waals surface area contributed by atoms with Gasteiger partial charge in [-0.05, 0) is 44.4 Å². The molecular formula is C19H31N3O3S. The van der Waals surface area contributed by atoms with Crippen molar-refractivity contribution in [3.63, 3.8) is 0 Å². The molecule has 0 spiro atoms. The number of hydrogen-bond acceptors (Lipinski definition) is 4. The molecule has 2 rings (SSSR count). The largest absolute Gasteiger partial charge is 0.378 e. The number of anilines is 1. The molecule has 1 saturated heterocycles. The van der Waals surface area contributed by atoms with Crippen LogP contribution in [0.2, 0.25) is 0 Å². The highest BCUT2D eigenvalue weighted by molar-refractivity contribution is 7.89. The van der Waals surface area contributed by atoms with E-state index >= 15 is 0 Å². The number of rotatable bonds is 7. The van der Waals surface area contributed by atoms with Crippen LogP contribution in [0.3, 0.4) is 0 Å². The highest BCUT2D eigenvalue weighted by atomic mass is 32.2. The topological polar surface area (TPSA) is 60.9 Å². The number of hydrogen-bond donors (Lipinski definition) is 0. The smallest absolute Gasteiger partial charge is 0.226 e. The molecule has 6 nitrogen and oxygen atoms in total. The molecule has 0 aliphatic carbocycles. The highest BCUT2D eigenvalue weighted by Gasteiger charge is 2.32. The fourth-order valence-electron chi connectivity index (χ4n) is 3.29. The molecule has 7 heteroatoms. The molecule has 1 aliphatic rings. The van der Waals surface area contributed by atoms with Crippen molar-refractivity contribution in [2.45, 2.75) is 33.2 Å². The van der Waals surface area contributed by atoms with Gasteiger partial charge in [0.1, 0.15) is 0 Å². The Hall–Kier alpha value is -1.60. The maximum atomic E-state index is 12.9. The Bertz CT molecular complexity index is 693. The molecule has 1 fully saturated rings. The van der Waals surface area contributed by atoms with Crippen molar-refractivity contribution < 1.29 is 13.2 Å². The maximum Gasteiger partial charge on any atom is 0.226 e. The van der Waals surface area contributed by atoms with Crippen LogP contribution in [0.4, 0.5) is 5.69 Å². The molecule has 0 atom stereocenters. The van der Waals surface area contributed by atoms with E-state index in [-0.39, 0.29) is 17.6 Å². The Labute approximate surface area is 157 Å². The summed E-state index contributed by atoms with van der Waals surface area (Å²) in [7, 11) is 0.852. The third-order valence-electron chi connectivity index (χ3n) is 5.08. The summed E-state index contributed by atoms with van der Waals surface area (Å²) in [6, 6.07) is 8.23. The summed E-state index contributed by atoms with van der Waals surface area (Å²) in [5.41, 5.74) is 2.24. The van der Waals surface area contributed by atoms with Crippen molar-refractivity contribution in [1.29, 1.82) is 0 Å². The maximum absolute atomic E-state index is 12.9. The summed E-state index contributed by atoms with van der Waals surface area (Å²) >= 11 is 0. The number of benzene rings is 1. The molecule has 0 aromatic heterocycles. The Morgan fingerprint density at radius 1 is 1.12 bits per heavy atom. The van der Waals surface area contributed by atoms with Crippen LogP contribution in [0.25, 0.3) is 0 Å². The minimum absolute atomic E-state index is 0.0840. The normalized spacial score (nSPS) is 16.5. The van der Waals surface area contributed by atoms with E-state index in [2.05, 4.69) is 24.3 Å². The Morgan fingerprint density at radius 2 is 1.69 bits per heavy atom. The number of amides is 1. The number of carbonyl (C=O) groups is 1. The first-order valence-corrected chi connectivity index (χ1v) is 10.9. The second-order valence-electron chi connectivity index (χ2n) is 6.99. The predicted molar refractivity (Wildman–Crippen MR) is 106 cm³/mol. The van der Waals surface area contributed by atoms with Crippen molar-refractivity contribution >= 4 is 21.6 Å². The monoisotopic (exact) mass is 381 g/mol. The minimum Gasteiger partial charge on any atom is -0.378 e. The van der Waals surface area contributed by atoms with Crippen LogP contribution in [0, 0.1) is 5.92 Å². The molecule has 146 valence electrons. The van der Waals surface area contributed by atoms with Crippen molar-refractivity contribution in [2.24, 2.45) is 5.92 Å². The minimum atomic E-state index is -3.15. The second-order valence-corrected chi connectivity index (χ2v) is 9.24. The third kappa shape index (κ3) is 4.98. The second kappa shape index (κ2) is 8.86. The van der Waals surface area contributed by atoms with Gasteiger partial charge in [0.05, 0.1) is 5.75 Å². The first-order chi connectivity index (χ1) is 12.3. The fraction of sp³-hybridized carbons (Fsp3) is 0.632. The molecule has 1 heterocycles. The summed E-state index contributed by atoms with van der Waals surface area (Å²) in [6.45, 7) is 5.79. The Kier molecular flexibility index (Phi) is 7.06. The van der Waals surface area contributed by atoms with Gasteiger partial charge in [0.25, 0.3) is 0 Å². The number of nitrogens with zero attached hydrogens (tertiary/aromatic N) is 3. The molecule has 0 saturated carbocycles. The van der Waals surface area contributed by atoms with Crippen molar-refractivity contribution in [3.05, 3.63) is 29.8 Å². The van der Waals surface area contributed by atoms with E-state index in [0.29, 0.717) is 39.0 Å². The van der Waals surface area contributed by atoms with Crippen LogP contribution in [-0.2, 0) is 21.4 Å². The average Bonchev–Trinajstić information content (AvgIpc) is 2.66. The highest BCUT2D eigenvalue weighted by Crippen LogP contribution is 2.23. The van der Waals surface area contributed by atoms with Gasteiger partial charge >= 0.3 is 0 Å². The van der Waals surface area contributed by atoms with Gasteiger partial charge in [-0.1, -0.05) is 12.1 Å². The van der Waals surface area contributed by atoms with Crippen LogP contribution in [0.5, 0.6) is 0 Å². The van der Waals surface area contributed by atoms with Gasteiger partial charge in [0.15, 0.2) is 0 Å². The molecule has 26 heavy (non-hydrogen) atoms. The Morgan fingerprint density at radius 3 is 2.15 bits per heavy atom. The summed E-state index contributed by atoms with van der Waals surface area (Å²) in [4.78, 5) is 16.8. The zero-order valence-electron chi connectivity index (χ0n) is 16.3. The first kappa shape index (κ1) is 20.7. The number of sulfonamides is 1. The molecular weight excluding hydrogens is 350 g/mol. The van der Waals surface area contributed by atoms with Crippen LogP contribution < -0.4 is 4.90 Å². The van der Waals surface area contributed by atoms with E-state index in [4.69, 9.17) is 0 Å². The zero-order chi connectivity index (χ0) is 19.3. The molecule has 1 aliphatic heterocycles. The van der Waals surface area contributed by atoms with Gasteiger partial charge in [-0.2, -0.15) is 0 Å². The zero-order valence-corrected chi connectivity index (χ0v) is 17.1. The van der Waals surface area contributed by atoms with Gasteiger partial charge in [0, 0.05) is 51.9 Å². The van der Waals surface area contributed by atoms with Crippen LogP contribution in [0.15, 0.2) is 24.3 Å². The summed E-state index contributed by atoms with van der Waals surface area (Å²) < 4.78 is 25.5. The van der Waals surface area contributed by atoms with Crippen LogP contribution in [-0.4, -0.2) is 63.0 Å². The van der Waals surface area contributed by atoms with E-state index < -0.39 is 10.0 Å². The lowest BCUT2D eigenvalue weighted by molar-refractivity contribution is -0.137. The van der Waals surface area contributed by atoms with Crippen LogP contribution in [0.1, 0.15) is 32.3 Å². The average molecular weight is 382 g/mol. The summed E-state index contributed by atoms with van der Waals surface area (Å²) in [6.07, 6.45) is 1.21. The molecule has 1 aromatic rings. The standard InChI is InChI=1S/C19H31N3O3S/c1-5-21(15-16-7-9-18(10-8-16)20(3)4)19(23)17-11-13-22(14-12-17)26(24,25)6-2/h7-10,17H,5-6,11-15H2,1-4H3. The van der Waals surface area contributed by atoms with Gasteiger partial charge in [0.2, 0.25) is 15.9 Å². The molecule has 0 bridgehead atoms. The number of piperidine rings is 1. The lowest BCUT2D eigenvalue weighted by Crippen LogP contribution is -2.44. The van der Waals surface area contributed by atoms with E-state index in [9.17, 15) is 13.2 Å².